The summed E-state index contributed by atoms with van der Waals surface area (Å²) in [6.45, 7) is -0.844. The highest BCUT2D eigenvalue weighted by molar-refractivity contribution is 7.80. The minimum Gasteiger partial charge on any atom is -0.480 e. The molecule has 1 aromatic rings. The molecule has 0 saturated heterocycles. The lowest BCUT2D eigenvalue weighted by Gasteiger charge is -2.16. The van der Waals surface area contributed by atoms with Gasteiger partial charge in [-0.1, -0.05) is 0 Å². The first kappa shape index (κ1) is 45.5. The number of aromatic amines is 1. The van der Waals surface area contributed by atoms with E-state index in [2.05, 4.69) is 39.0 Å². The van der Waals surface area contributed by atoms with Crippen molar-refractivity contribution in [2.45, 2.75) is 49.6 Å². The molecule has 0 aliphatic rings. The van der Waals surface area contributed by atoms with Crippen molar-refractivity contribution in [2.24, 2.45) is 17.2 Å². The number of amides is 2. The molecule has 2 amide bonds. The molecule has 1 heterocycles. The molecule has 24 heteroatoms. The Bertz CT molecular complexity index is 1120. The number of aliphatic hydroxyl groups excluding tert-OH is 2. The Kier molecular flexibility index (Phi) is 25.2. The molecule has 3 unspecified atom stereocenters. The van der Waals surface area contributed by atoms with Gasteiger partial charge in [0.15, 0.2) is 12.2 Å². The minimum absolute atomic E-state index is 0.0256. The Balaban J connectivity index is -0.000000599. The van der Waals surface area contributed by atoms with Crippen LogP contribution in [0.25, 0.3) is 0 Å². The maximum absolute atomic E-state index is 11.5. The second-order valence-electron chi connectivity index (χ2n) is 8.29. The zero-order chi connectivity index (χ0) is 36.6. The topological polar surface area (TPSA) is 429 Å². The summed E-state index contributed by atoms with van der Waals surface area (Å²) in [5.74, 6) is -9.21. The Labute approximate surface area is 264 Å². The molecule has 262 valence electrons. The van der Waals surface area contributed by atoms with Crippen molar-refractivity contribution in [3.05, 3.63) is 18.2 Å². The Hall–Kier alpha value is -4.88. The Morgan fingerprint density at radius 2 is 1.30 bits per heavy atom. The summed E-state index contributed by atoms with van der Waals surface area (Å²) < 4.78 is 0. The summed E-state index contributed by atoms with van der Waals surface area (Å²) in [5, 5.41) is 69.9. The van der Waals surface area contributed by atoms with Crippen molar-refractivity contribution in [1.82, 2.24) is 20.6 Å². The highest BCUT2D eigenvalue weighted by Crippen LogP contribution is 1.98. The third-order valence-electron chi connectivity index (χ3n) is 4.54. The average Bonchev–Trinajstić information content (AvgIpc) is 3.50. The number of hydrogen-bond donors (Lipinski definition) is 15. The van der Waals surface area contributed by atoms with Gasteiger partial charge in [0.25, 0.3) is 0 Å². The van der Waals surface area contributed by atoms with E-state index >= 15 is 0 Å². The molecule has 17 N–H and O–H groups in total. The van der Waals surface area contributed by atoms with E-state index < -0.39 is 84.5 Å². The number of thiol groups is 1. The van der Waals surface area contributed by atoms with Crippen molar-refractivity contribution < 1.29 is 79.2 Å². The highest BCUT2D eigenvalue weighted by Gasteiger charge is 2.29. The molecule has 0 spiro atoms. The predicted molar refractivity (Wildman–Crippen MR) is 153 cm³/mol. The molecule has 0 aliphatic heterocycles. The smallest absolute Gasteiger partial charge is 0.335 e. The lowest BCUT2D eigenvalue weighted by atomic mass is 10.1. The van der Waals surface area contributed by atoms with Crippen LogP contribution < -0.4 is 27.8 Å². The number of nitrogens with zero attached hydrogens (tertiary/aromatic N) is 1. The molecule has 1 rings (SSSR count). The van der Waals surface area contributed by atoms with Crippen LogP contribution in [0.4, 0.5) is 0 Å². The van der Waals surface area contributed by atoms with Crippen LogP contribution in [0.3, 0.4) is 0 Å². The molecule has 5 atom stereocenters. The number of hydrogen-bond acceptors (Lipinski definition) is 15. The third kappa shape index (κ3) is 24.6. The standard InChI is InChI=1S/C10H17N3O6S.C6H9N3O2.C4H6O6.C2H5NO2/c11-5(10(18)19)1-2-7(14)13-6(4-20)9(17)12-3-8(15)16;7-5(6(10)11)1-4-2-8-3-9-4;5-1(3(7)8)2(6)4(9)10;3-1-2(4)5/h5-6,20H,1-4,11H2,(H,12,17)(H,13,14)(H,15,16)(H,18,19);2-3,5H,1,7H2,(H,8,9)(H,10,11);1-2,5-6H,(H,7,8)(H,9,10);1,3H2,(H,4,5)/t5-,6-;;;/m0.../s1. The van der Waals surface area contributed by atoms with E-state index in [1.54, 1.807) is 6.20 Å². The van der Waals surface area contributed by atoms with E-state index in [1.165, 1.54) is 6.33 Å². The van der Waals surface area contributed by atoms with Crippen LogP contribution in [0.2, 0.25) is 0 Å². The molecule has 0 saturated carbocycles. The van der Waals surface area contributed by atoms with Crippen molar-refractivity contribution in [3.63, 3.8) is 0 Å². The molecule has 1 aromatic heterocycles. The normalized spacial score (nSPS) is 13.0. The van der Waals surface area contributed by atoms with Crippen LogP contribution in [0, 0.1) is 0 Å². The van der Waals surface area contributed by atoms with Gasteiger partial charge in [-0.3, -0.25) is 28.8 Å². The quantitative estimate of drug-likeness (QED) is 0.0719. The van der Waals surface area contributed by atoms with E-state index in [1.807, 2.05) is 0 Å². The molecule has 0 bridgehead atoms. The Morgan fingerprint density at radius 3 is 1.63 bits per heavy atom. The number of nitrogens with two attached hydrogens (primary N) is 3. The molecular weight excluding hydrogens is 650 g/mol. The van der Waals surface area contributed by atoms with Crippen LogP contribution in [-0.4, -0.2) is 148 Å². The molecule has 0 radical (unpaired) electrons. The first-order chi connectivity index (χ1) is 21.2. The van der Waals surface area contributed by atoms with Gasteiger partial charge < -0.3 is 73.7 Å². The largest absolute Gasteiger partial charge is 0.480 e. The van der Waals surface area contributed by atoms with Gasteiger partial charge in [-0.15, -0.1) is 0 Å². The van der Waals surface area contributed by atoms with E-state index in [9.17, 15) is 38.4 Å². The van der Waals surface area contributed by atoms with Gasteiger partial charge in [0, 0.05) is 30.5 Å². The molecule has 0 aliphatic carbocycles. The van der Waals surface area contributed by atoms with Gasteiger partial charge in [-0.2, -0.15) is 12.6 Å². The van der Waals surface area contributed by atoms with Gasteiger partial charge in [-0.05, 0) is 6.42 Å². The van der Waals surface area contributed by atoms with Crippen LogP contribution in [-0.2, 0) is 44.8 Å². The second kappa shape index (κ2) is 25.4. The van der Waals surface area contributed by atoms with Gasteiger partial charge in [0.05, 0.1) is 12.9 Å². The van der Waals surface area contributed by atoms with Crippen LogP contribution >= 0.6 is 12.6 Å². The van der Waals surface area contributed by atoms with E-state index in [0.29, 0.717) is 0 Å². The number of carbonyl (C=O) groups excluding carboxylic acids is 2. The first-order valence-electron chi connectivity index (χ1n) is 12.3. The SMILES string of the molecule is NC(Cc1cnc[nH]1)C(=O)O.NCC(=O)O.N[C@@H](CCC(=O)N[C@@H](CS)C(=O)NCC(=O)O)C(=O)O.O=C(O)C(O)C(O)C(=O)O. The fourth-order valence-electron chi connectivity index (χ4n) is 2.15. The predicted octanol–water partition coefficient (Wildman–Crippen LogP) is -5.93. The van der Waals surface area contributed by atoms with Crippen LogP contribution in [0.1, 0.15) is 18.5 Å². The molecule has 0 fully saturated rings. The highest BCUT2D eigenvalue weighted by atomic mass is 32.1. The number of nitrogens with one attached hydrogen (secondary N) is 3. The molecule has 0 aromatic carbocycles. The average molecular weight is 688 g/mol. The number of rotatable bonds is 16. The molecular formula is C22H37N7O16S. The van der Waals surface area contributed by atoms with E-state index in [0.717, 1.165) is 5.69 Å². The summed E-state index contributed by atoms with van der Waals surface area (Å²) in [6.07, 6.45) is -1.43. The number of carboxylic acids is 6. The number of aromatic nitrogens is 2. The van der Waals surface area contributed by atoms with Crippen molar-refractivity contribution in [3.8, 4) is 0 Å². The van der Waals surface area contributed by atoms with Crippen molar-refractivity contribution >= 4 is 60.3 Å². The Morgan fingerprint density at radius 1 is 0.826 bits per heavy atom. The zero-order valence-electron chi connectivity index (χ0n) is 23.8. The van der Waals surface area contributed by atoms with Crippen LogP contribution in [0.5, 0.6) is 0 Å². The van der Waals surface area contributed by atoms with E-state index in [4.69, 9.17) is 52.3 Å². The number of aliphatic carboxylic acids is 6. The van der Waals surface area contributed by atoms with Crippen molar-refractivity contribution in [2.75, 3.05) is 18.8 Å². The van der Waals surface area contributed by atoms with Gasteiger partial charge in [0.2, 0.25) is 11.8 Å². The fourth-order valence-corrected chi connectivity index (χ4v) is 2.40. The maximum Gasteiger partial charge on any atom is 0.335 e. The number of H-pyrrole nitrogens is 1. The number of carboxylic acid groups (broad SMARTS) is 6. The lowest BCUT2D eigenvalue weighted by Crippen LogP contribution is -2.49. The van der Waals surface area contributed by atoms with E-state index in [-0.39, 0.29) is 31.6 Å². The zero-order valence-corrected chi connectivity index (χ0v) is 24.6. The van der Waals surface area contributed by atoms with Gasteiger partial charge in [-0.25, -0.2) is 14.6 Å². The van der Waals surface area contributed by atoms with Crippen LogP contribution in [0.15, 0.2) is 12.5 Å². The van der Waals surface area contributed by atoms with Gasteiger partial charge in [0.1, 0.15) is 24.7 Å². The van der Waals surface area contributed by atoms with Gasteiger partial charge >= 0.3 is 35.8 Å². The number of imidazole rings is 1. The fraction of sp³-hybridized carbons (Fsp3) is 0.500. The maximum atomic E-state index is 11.5. The minimum atomic E-state index is -2.27. The summed E-state index contributed by atoms with van der Waals surface area (Å²) in [6, 6.07) is -3.00. The summed E-state index contributed by atoms with van der Waals surface area (Å²) in [7, 11) is 0. The molecule has 46 heavy (non-hydrogen) atoms. The van der Waals surface area contributed by atoms with Crippen molar-refractivity contribution in [1.29, 1.82) is 0 Å². The summed E-state index contributed by atoms with van der Waals surface area (Å²) in [4.78, 5) is 89.3. The number of carbonyl (C=O) groups is 8. The summed E-state index contributed by atoms with van der Waals surface area (Å²) in [5.41, 5.74) is 15.8. The first-order valence-corrected chi connectivity index (χ1v) is 12.9. The summed E-state index contributed by atoms with van der Waals surface area (Å²) >= 11 is 3.87. The second-order valence-corrected chi connectivity index (χ2v) is 8.65. The monoisotopic (exact) mass is 687 g/mol. The molecule has 23 nitrogen and oxygen atoms in total. The lowest BCUT2D eigenvalue weighted by molar-refractivity contribution is -0.165. The number of aliphatic hydroxyl groups is 2. The third-order valence-corrected chi connectivity index (χ3v) is 4.90.